The number of pyridine rings is 1. The summed E-state index contributed by atoms with van der Waals surface area (Å²) in [5.41, 5.74) is 1.28. The first-order chi connectivity index (χ1) is 9.98. The molecule has 114 valence electrons. The minimum Gasteiger partial charge on any atom is -0.308 e. The van der Waals surface area contributed by atoms with Crippen LogP contribution in [0.15, 0.2) is 36.7 Å². The minimum atomic E-state index is 0.000967. The normalized spacial score (nSPS) is 13.8. The van der Waals surface area contributed by atoms with Crippen LogP contribution in [0.4, 0.5) is 0 Å². The first-order valence-corrected chi connectivity index (χ1v) is 7.72. The Morgan fingerprint density at radius 1 is 1.19 bits per heavy atom. The third-order valence-corrected chi connectivity index (χ3v) is 4.47. The third kappa shape index (κ3) is 3.25. The summed E-state index contributed by atoms with van der Waals surface area (Å²) in [7, 11) is 4.28. The number of hydrogen-bond donors (Lipinski definition) is 1. The van der Waals surface area contributed by atoms with E-state index in [0.717, 1.165) is 13.0 Å². The SMILES string of the molecule is CCCNC(c1cncc2ccccc12)C(C)(C)N(C)C. The monoisotopic (exact) mass is 285 g/mol. The lowest BCUT2D eigenvalue weighted by Crippen LogP contribution is -2.49. The van der Waals surface area contributed by atoms with Crippen molar-refractivity contribution in [2.75, 3.05) is 20.6 Å². The van der Waals surface area contributed by atoms with Crippen LogP contribution in [0, 0.1) is 0 Å². The highest BCUT2D eigenvalue weighted by Gasteiger charge is 2.33. The van der Waals surface area contributed by atoms with Crippen LogP contribution in [0.2, 0.25) is 0 Å². The number of nitrogens with one attached hydrogen (secondary N) is 1. The number of fused-ring (bicyclic) bond motifs is 1. The summed E-state index contributed by atoms with van der Waals surface area (Å²) < 4.78 is 0. The number of aromatic nitrogens is 1. The van der Waals surface area contributed by atoms with Gasteiger partial charge in [-0.05, 0) is 51.9 Å². The van der Waals surface area contributed by atoms with E-state index in [-0.39, 0.29) is 11.6 Å². The molecular weight excluding hydrogens is 258 g/mol. The lowest BCUT2D eigenvalue weighted by atomic mass is 9.86. The molecule has 2 rings (SSSR count). The molecule has 0 aliphatic carbocycles. The van der Waals surface area contributed by atoms with E-state index in [1.54, 1.807) is 0 Å². The van der Waals surface area contributed by atoms with E-state index in [9.17, 15) is 0 Å². The van der Waals surface area contributed by atoms with E-state index >= 15 is 0 Å². The van der Waals surface area contributed by atoms with Crippen molar-refractivity contribution in [2.45, 2.75) is 38.8 Å². The van der Waals surface area contributed by atoms with E-state index < -0.39 is 0 Å². The van der Waals surface area contributed by atoms with Crippen molar-refractivity contribution in [1.29, 1.82) is 0 Å². The van der Waals surface area contributed by atoms with Crippen LogP contribution in [0.1, 0.15) is 38.8 Å². The summed E-state index contributed by atoms with van der Waals surface area (Å²) in [6.45, 7) is 7.77. The van der Waals surface area contributed by atoms with E-state index in [4.69, 9.17) is 0 Å². The van der Waals surface area contributed by atoms with Gasteiger partial charge in [0.05, 0.1) is 6.04 Å². The minimum absolute atomic E-state index is 0.000967. The maximum absolute atomic E-state index is 4.46. The van der Waals surface area contributed by atoms with Crippen LogP contribution in [-0.2, 0) is 0 Å². The molecule has 1 N–H and O–H groups in total. The Bertz CT molecular complexity index is 585. The van der Waals surface area contributed by atoms with Gasteiger partial charge in [-0.1, -0.05) is 31.2 Å². The van der Waals surface area contributed by atoms with Crippen LogP contribution in [-0.4, -0.2) is 36.1 Å². The summed E-state index contributed by atoms with van der Waals surface area (Å²) in [6, 6.07) is 8.74. The lowest BCUT2D eigenvalue weighted by Gasteiger charge is -2.41. The lowest BCUT2D eigenvalue weighted by molar-refractivity contribution is 0.138. The molecule has 0 aliphatic heterocycles. The van der Waals surface area contributed by atoms with Gasteiger partial charge in [0, 0.05) is 23.3 Å². The summed E-state index contributed by atoms with van der Waals surface area (Å²) >= 11 is 0. The van der Waals surface area contributed by atoms with Crippen molar-refractivity contribution >= 4 is 10.8 Å². The van der Waals surface area contributed by atoms with Crippen LogP contribution in [0.25, 0.3) is 10.8 Å². The second-order valence-corrected chi connectivity index (χ2v) is 6.39. The van der Waals surface area contributed by atoms with E-state index in [1.807, 2.05) is 12.4 Å². The molecule has 0 spiro atoms. The molecule has 0 radical (unpaired) electrons. The third-order valence-electron chi connectivity index (χ3n) is 4.47. The van der Waals surface area contributed by atoms with Crippen LogP contribution in [0.3, 0.4) is 0 Å². The fraction of sp³-hybridized carbons (Fsp3) is 0.500. The molecule has 0 saturated carbocycles. The van der Waals surface area contributed by atoms with Crippen molar-refractivity contribution in [1.82, 2.24) is 15.2 Å². The molecule has 0 aliphatic rings. The molecule has 1 aromatic heterocycles. The van der Waals surface area contributed by atoms with Gasteiger partial charge in [0.2, 0.25) is 0 Å². The molecule has 1 atom stereocenters. The van der Waals surface area contributed by atoms with Gasteiger partial charge in [-0.2, -0.15) is 0 Å². The highest BCUT2D eigenvalue weighted by molar-refractivity contribution is 5.85. The number of nitrogens with zero attached hydrogens (tertiary/aromatic N) is 2. The van der Waals surface area contributed by atoms with E-state index in [2.05, 4.69) is 74.3 Å². The zero-order valence-corrected chi connectivity index (χ0v) is 13.9. The number of likely N-dealkylation sites (N-methyl/N-ethyl adjacent to an activating group) is 1. The van der Waals surface area contributed by atoms with Gasteiger partial charge in [0.1, 0.15) is 0 Å². The molecule has 2 aromatic rings. The molecule has 3 nitrogen and oxygen atoms in total. The number of rotatable bonds is 6. The zero-order valence-electron chi connectivity index (χ0n) is 13.9. The van der Waals surface area contributed by atoms with Gasteiger partial charge < -0.3 is 10.2 Å². The highest BCUT2D eigenvalue weighted by atomic mass is 15.2. The van der Waals surface area contributed by atoms with Crippen molar-refractivity contribution in [3.05, 3.63) is 42.2 Å². The number of benzene rings is 1. The largest absolute Gasteiger partial charge is 0.308 e. The van der Waals surface area contributed by atoms with Gasteiger partial charge in [-0.15, -0.1) is 0 Å². The van der Waals surface area contributed by atoms with Crippen LogP contribution < -0.4 is 5.32 Å². The Kier molecular flexibility index (Phi) is 4.96. The first kappa shape index (κ1) is 15.9. The predicted molar refractivity (Wildman–Crippen MR) is 90.5 cm³/mol. The molecule has 0 bridgehead atoms. The summed E-state index contributed by atoms with van der Waals surface area (Å²) in [6.07, 6.45) is 5.08. The smallest absolute Gasteiger partial charge is 0.0523 e. The van der Waals surface area contributed by atoms with Gasteiger partial charge >= 0.3 is 0 Å². The zero-order chi connectivity index (χ0) is 15.5. The van der Waals surface area contributed by atoms with Gasteiger partial charge in [-0.25, -0.2) is 0 Å². The molecule has 0 saturated heterocycles. The highest BCUT2D eigenvalue weighted by Crippen LogP contribution is 2.33. The summed E-state index contributed by atoms with van der Waals surface area (Å²) in [4.78, 5) is 6.74. The maximum Gasteiger partial charge on any atom is 0.0523 e. The molecule has 1 heterocycles. The van der Waals surface area contributed by atoms with Crippen molar-refractivity contribution < 1.29 is 0 Å². The molecule has 0 fully saturated rings. The van der Waals surface area contributed by atoms with E-state index in [1.165, 1.54) is 16.3 Å². The quantitative estimate of drug-likeness (QED) is 0.878. The predicted octanol–water partition coefficient (Wildman–Crippen LogP) is 3.62. The fourth-order valence-corrected chi connectivity index (χ4v) is 2.66. The maximum atomic E-state index is 4.46. The second kappa shape index (κ2) is 6.54. The van der Waals surface area contributed by atoms with Crippen molar-refractivity contribution in [2.24, 2.45) is 0 Å². The second-order valence-electron chi connectivity index (χ2n) is 6.39. The van der Waals surface area contributed by atoms with Crippen molar-refractivity contribution in [3.63, 3.8) is 0 Å². The van der Waals surface area contributed by atoms with E-state index in [0.29, 0.717) is 0 Å². The van der Waals surface area contributed by atoms with Crippen molar-refractivity contribution in [3.8, 4) is 0 Å². The summed E-state index contributed by atoms with van der Waals surface area (Å²) in [5, 5.41) is 6.21. The van der Waals surface area contributed by atoms with Gasteiger partial charge in [-0.3, -0.25) is 4.98 Å². The molecule has 1 unspecified atom stereocenters. The average Bonchev–Trinajstić information content (AvgIpc) is 2.47. The Labute approximate surface area is 128 Å². The standard InChI is InChI=1S/C18H27N3/c1-6-11-20-17(18(2,3)21(4)5)16-13-19-12-14-9-7-8-10-15(14)16/h7-10,12-13,17,20H,6,11H2,1-5H3. The molecule has 3 heteroatoms. The van der Waals surface area contributed by atoms with Gasteiger partial charge in [0.25, 0.3) is 0 Å². The topological polar surface area (TPSA) is 28.2 Å². The van der Waals surface area contributed by atoms with Gasteiger partial charge in [0.15, 0.2) is 0 Å². The molecule has 0 amide bonds. The Hall–Kier alpha value is -1.45. The fourth-order valence-electron chi connectivity index (χ4n) is 2.66. The molecular formula is C18H27N3. The average molecular weight is 285 g/mol. The molecule has 21 heavy (non-hydrogen) atoms. The molecule has 1 aromatic carbocycles. The Balaban J connectivity index is 2.53. The number of hydrogen-bond acceptors (Lipinski definition) is 3. The first-order valence-electron chi connectivity index (χ1n) is 7.72. The van der Waals surface area contributed by atoms with Crippen LogP contribution >= 0.6 is 0 Å². The Morgan fingerprint density at radius 2 is 1.90 bits per heavy atom. The summed E-state index contributed by atoms with van der Waals surface area (Å²) in [5.74, 6) is 0. The van der Waals surface area contributed by atoms with Crippen LogP contribution in [0.5, 0.6) is 0 Å². The Morgan fingerprint density at radius 3 is 2.57 bits per heavy atom.